The Kier molecular flexibility index (Phi) is 3.22. The minimum absolute atomic E-state index is 0.0214. The molecule has 4 aromatic rings. The largest absolute Gasteiger partial charge is 0.422 e. The van der Waals surface area contributed by atoms with Gasteiger partial charge < -0.3 is 4.42 Å². The molecule has 0 fully saturated rings. The highest BCUT2D eigenvalue weighted by Crippen LogP contribution is 2.24. The minimum Gasteiger partial charge on any atom is -0.422 e. The van der Waals surface area contributed by atoms with Crippen molar-refractivity contribution in [3.8, 4) is 11.3 Å². The van der Waals surface area contributed by atoms with Crippen LogP contribution < -0.4 is 16.9 Å². The SMILES string of the molecule is O=c1[nH]c(=O)c2cc(-c3cc4cc([N+](=O)[O-])ccc4oc3=O)nnc2[nH]1. The molecular formula is C15H7N5O6. The lowest BCUT2D eigenvalue weighted by molar-refractivity contribution is -0.384. The molecule has 0 amide bonds. The average molecular weight is 353 g/mol. The van der Waals surface area contributed by atoms with E-state index in [-0.39, 0.29) is 33.6 Å². The Bertz CT molecular complexity index is 1380. The lowest BCUT2D eigenvalue weighted by Crippen LogP contribution is -2.22. The topological polar surface area (TPSA) is 165 Å². The number of nitrogens with one attached hydrogen (secondary N) is 2. The number of non-ortho nitro benzene ring substituents is 1. The summed E-state index contributed by atoms with van der Waals surface area (Å²) in [5.74, 6) is 0. The second-order valence-corrected chi connectivity index (χ2v) is 5.33. The Morgan fingerprint density at radius 2 is 1.85 bits per heavy atom. The van der Waals surface area contributed by atoms with E-state index in [2.05, 4.69) is 15.2 Å². The number of H-pyrrole nitrogens is 2. The molecule has 3 heterocycles. The van der Waals surface area contributed by atoms with Gasteiger partial charge in [-0.05, 0) is 18.2 Å². The van der Waals surface area contributed by atoms with E-state index in [1.165, 1.54) is 30.3 Å². The first kappa shape index (κ1) is 15.4. The summed E-state index contributed by atoms with van der Waals surface area (Å²) in [7, 11) is 0. The fraction of sp³-hybridized carbons (Fsp3) is 0. The lowest BCUT2D eigenvalue weighted by Gasteiger charge is -2.02. The fourth-order valence-corrected chi connectivity index (χ4v) is 2.50. The third kappa shape index (κ3) is 2.43. The Balaban J connectivity index is 1.98. The molecule has 4 rings (SSSR count). The van der Waals surface area contributed by atoms with Crippen LogP contribution in [0.25, 0.3) is 33.3 Å². The van der Waals surface area contributed by atoms with Crippen LogP contribution in [-0.2, 0) is 0 Å². The van der Waals surface area contributed by atoms with Gasteiger partial charge in [-0.3, -0.25) is 24.9 Å². The standard InChI is InChI=1S/C15H7N5O6/c21-13-9-5-10(18-19-12(9)16-15(23)17-13)8-4-6-3-7(20(24)25)1-2-11(6)26-14(8)22/h1-5H,(H2,16,17,19,21,23). The van der Waals surface area contributed by atoms with E-state index in [1.54, 1.807) is 0 Å². The molecule has 26 heavy (non-hydrogen) atoms. The third-order valence-corrected chi connectivity index (χ3v) is 3.70. The quantitative estimate of drug-likeness (QED) is 0.302. The molecule has 11 heteroatoms. The number of hydrogen-bond acceptors (Lipinski definition) is 8. The summed E-state index contributed by atoms with van der Waals surface area (Å²) >= 11 is 0. The lowest BCUT2D eigenvalue weighted by atomic mass is 10.1. The molecule has 0 unspecified atom stereocenters. The molecule has 0 aliphatic carbocycles. The summed E-state index contributed by atoms with van der Waals surface area (Å²) in [6.45, 7) is 0. The number of aromatic nitrogens is 4. The molecule has 0 saturated carbocycles. The van der Waals surface area contributed by atoms with E-state index in [4.69, 9.17) is 4.42 Å². The van der Waals surface area contributed by atoms with E-state index in [1.807, 2.05) is 4.98 Å². The van der Waals surface area contributed by atoms with Crippen molar-refractivity contribution in [2.24, 2.45) is 0 Å². The Hall–Kier alpha value is -4.15. The summed E-state index contributed by atoms with van der Waals surface area (Å²) < 4.78 is 5.15. The molecule has 0 aliphatic heterocycles. The van der Waals surface area contributed by atoms with Gasteiger partial charge in [0.15, 0.2) is 5.65 Å². The molecule has 128 valence electrons. The van der Waals surface area contributed by atoms with Crippen molar-refractivity contribution in [2.45, 2.75) is 0 Å². The molecule has 1 aromatic carbocycles. The van der Waals surface area contributed by atoms with E-state index in [0.29, 0.717) is 5.39 Å². The molecule has 0 atom stereocenters. The Morgan fingerprint density at radius 3 is 2.62 bits per heavy atom. The molecule has 0 saturated heterocycles. The molecule has 0 aliphatic rings. The molecule has 0 spiro atoms. The van der Waals surface area contributed by atoms with Crippen LogP contribution in [0.1, 0.15) is 0 Å². The van der Waals surface area contributed by atoms with Crippen molar-refractivity contribution in [3.63, 3.8) is 0 Å². The van der Waals surface area contributed by atoms with Gasteiger partial charge in [0.05, 0.1) is 15.9 Å². The number of aromatic amines is 2. The van der Waals surface area contributed by atoms with Crippen LogP contribution in [0.15, 0.2) is 49.1 Å². The van der Waals surface area contributed by atoms with E-state index < -0.39 is 21.8 Å². The van der Waals surface area contributed by atoms with Crippen molar-refractivity contribution < 1.29 is 9.34 Å². The fourth-order valence-electron chi connectivity index (χ4n) is 2.50. The molecule has 0 bridgehead atoms. The van der Waals surface area contributed by atoms with Gasteiger partial charge in [0.2, 0.25) is 0 Å². The number of fused-ring (bicyclic) bond motifs is 2. The van der Waals surface area contributed by atoms with Crippen LogP contribution in [0, 0.1) is 10.1 Å². The highest BCUT2D eigenvalue weighted by Gasteiger charge is 2.14. The van der Waals surface area contributed by atoms with Gasteiger partial charge in [-0.2, -0.15) is 0 Å². The zero-order valence-corrected chi connectivity index (χ0v) is 12.7. The van der Waals surface area contributed by atoms with Crippen LogP contribution in [-0.4, -0.2) is 25.1 Å². The highest BCUT2D eigenvalue weighted by molar-refractivity contribution is 5.84. The summed E-state index contributed by atoms with van der Waals surface area (Å²) in [4.78, 5) is 50.0. The van der Waals surface area contributed by atoms with Gasteiger partial charge in [0, 0.05) is 17.5 Å². The molecule has 2 N–H and O–H groups in total. The van der Waals surface area contributed by atoms with Gasteiger partial charge >= 0.3 is 11.3 Å². The molecule has 0 radical (unpaired) electrons. The predicted octanol–water partition coefficient (Wildman–Crippen LogP) is 0.688. The van der Waals surface area contributed by atoms with Crippen LogP contribution in [0.3, 0.4) is 0 Å². The first-order valence-corrected chi connectivity index (χ1v) is 7.15. The number of nitro benzene ring substituents is 1. The van der Waals surface area contributed by atoms with Gasteiger partial charge in [-0.1, -0.05) is 0 Å². The van der Waals surface area contributed by atoms with Gasteiger partial charge in [0.1, 0.15) is 11.3 Å². The summed E-state index contributed by atoms with van der Waals surface area (Å²) in [6.07, 6.45) is 0. The maximum absolute atomic E-state index is 12.2. The van der Waals surface area contributed by atoms with Gasteiger partial charge in [0.25, 0.3) is 11.2 Å². The zero-order valence-electron chi connectivity index (χ0n) is 12.7. The monoisotopic (exact) mass is 353 g/mol. The zero-order chi connectivity index (χ0) is 18.4. The number of nitrogens with zero attached hydrogens (tertiary/aromatic N) is 3. The second-order valence-electron chi connectivity index (χ2n) is 5.33. The minimum atomic E-state index is -0.749. The van der Waals surface area contributed by atoms with Crippen molar-refractivity contribution in [2.75, 3.05) is 0 Å². The number of hydrogen-bond donors (Lipinski definition) is 2. The van der Waals surface area contributed by atoms with Gasteiger partial charge in [-0.25, -0.2) is 9.59 Å². The van der Waals surface area contributed by atoms with Crippen molar-refractivity contribution >= 4 is 27.7 Å². The summed E-state index contributed by atoms with van der Waals surface area (Å²) in [5.41, 5.74) is -2.22. The van der Waals surface area contributed by atoms with Gasteiger partial charge in [-0.15, -0.1) is 10.2 Å². The van der Waals surface area contributed by atoms with Crippen LogP contribution in [0.2, 0.25) is 0 Å². The first-order valence-electron chi connectivity index (χ1n) is 7.15. The van der Waals surface area contributed by atoms with E-state index in [0.717, 1.165) is 0 Å². The molecule has 3 aromatic heterocycles. The van der Waals surface area contributed by atoms with Crippen molar-refractivity contribution in [1.82, 2.24) is 20.2 Å². The normalized spacial score (nSPS) is 11.1. The maximum atomic E-state index is 12.2. The second kappa shape index (κ2) is 5.44. The molecular weight excluding hydrogens is 346 g/mol. The van der Waals surface area contributed by atoms with E-state index in [9.17, 15) is 24.5 Å². The third-order valence-electron chi connectivity index (χ3n) is 3.70. The van der Waals surface area contributed by atoms with Crippen LogP contribution >= 0.6 is 0 Å². The first-order chi connectivity index (χ1) is 12.4. The highest BCUT2D eigenvalue weighted by atomic mass is 16.6. The number of benzene rings is 1. The maximum Gasteiger partial charge on any atom is 0.345 e. The average Bonchev–Trinajstić information content (AvgIpc) is 2.60. The Morgan fingerprint density at radius 1 is 1.04 bits per heavy atom. The van der Waals surface area contributed by atoms with Crippen molar-refractivity contribution in [1.29, 1.82) is 0 Å². The summed E-state index contributed by atoms with van der Waals surface area (Å²) in [5, 5.41) is 18.8. The Labute approximate surface area is 141 Å². The molecule has 11 nitrogen and oxygen atoms in total. The number of nitro groups is 1. The van der Waals surface area contributed by atoms with E-state index >= 15 is 0 Å². The van der Waals surface area contributed by atoms with Crippen LogP contribution in [0.5, 0.6) is 0 Å². The number of rotatable bonds is 2. The smallest absolute Gasteiger partial charge is 0.345 e. The predicted molar refractivity (Wildman–Crippen MR) is 88.9 cm³/mol. The van der Waals surface area contributed by atoms with Crippen molar-refractivity contribution in [3.05, 3.63) is 71.7 Å². The summed E-state index contributed by atoms with van der Waals surface area (Å²) in [6, 6.07) is 6.42. The van der Waals surface area contributed by atoms with Crippen LogP contribution in [0.4, 0.5) is 5.69 Å².